The third kappa shape index (κ3) is 5.19. The Morgan fingerprint density at radius 1 is 1.13 bits per heavy atom. The highest BCUT2D eigenvalue weighted by atomic mass is 16.5. The molecule has 2 heterocycles. The number of aliphatic imine (C=N–C) groups is 1. The summed E-state index contributed by atoms with van der Waals surface area (Å²) < 4.78 is 11.9. The van der Waals surface area contributed by atoms with E-state index in [1.54, 1.807) is 44.2 Å². The lowest BCUT2D eigenvalue weighted by atomic mass is 9.76. The van der Waals surface area contributed by atoms with Gasteiger partial charge in [-0.05, 0) is 43.7 Å². The predicted octanol–water partition coefficient (Wildman–Crippen LogP) is 3.61. The molecule has 3 aromatic rings. The van der Waals surface area contributed by atoms with Gasteiger partial charge < -0.3 is 9.47 Å². The topological polar surface area (TPSA) is 124 Å². The van der Waals surface area contributed by atoms with Gasteiger partial charge in [0.1, 0.15) is 17.5 Å². The average molecular weight is 516 g/mol. The van der Waals surface area contributed by atoms with Gasteiger partial charge in [0.25, 0.3) is 5.91 Å². The second kappa shape index (κ2) is 11.5. The van der Waals surface area contributed by atoms with E-state index in [1.165, 1.54) is 11.7 Å². The standard InChI is InChI=1S/C28H29N5O5/c1-5-16-33-25-23(22(18-10-8-7-9-11-18)21(17(3)29-25)27(35)38-6-2)24(30-28(33)36)31-32-26(34)19-12-14-20(37-4)15-13-19/h5,7-15,21-22H,1,6,16H2,2-4H3,(H,32,34)(H,30,31,36). The second-order valence-corrected chi connectivity index (χ2v) is 8.56. The number of amides is 1. The third-order valence-corrected chi connectivity index (χ3v) is 6.22. The van der Waals surface area contributed by atoms with Gasteiger partial charge in [0.2, 0.25) is 0 Å². The van der Waals surface area contributed by atoms with Gasteiger partial charge in [-0.3, -0.25) is 25.0 Å². The van der Waals surface area contributed by atoms with Gasteiger partial charge >= 0.3 is 11.7 Å². The van der Waals surface area contributed by atoms with Crippen molar-refractivity contribution < 1.29 is 19.1 Å². The van der Waals surface area contributed by atoms with Crippen LogP contribution in [0.1, 0.15) is 41.3 Å². The molecule has 1 aliphatic rings. The van der Waals surface area contributed by atoms with E-state index in [0.717, 1.165) is 5.56 Å². The van der Waals surface area contributed by atoms with Crippen LogP contribution in [0, 0.1) is 5.92 Å². The SMILES string of the molecule is C=CCn1c2c(c(NNC(=O)c3ccc(OC)cc3)nc1=O)C(c1ccccc1)C(C(=O)OCC)C(C)=N2. The zero-order valence-corrected chi connectivity index (χ0v) is 21.4. The number of hydrogen-bond donors (Lipinski definition) is 2. The lowest BCUT2D eigenvalue weighted by Gasteiger charge is -2.33. The summed E-state index contributed by atoms with van der Waals surface area (Å²) in [5.41, 5.74) is 6.99. The molecular weight excluding hydrogens is 486 g/mol. The first-order valence-corrected chi connectivity index (χ1v) is 12.1. The summed E-state index contributed by atoms with van der Waals surface area (Å²) in [4.78, 5) is 48.0. The van der Waals surface area contributed by atoms with Crippen LogP contribution in [-0.2, 0) is 16.1 Å². The quantitative estimate of drug-likeness (QED) is 0.253. The van der Waals surface area contributed by atoms with Crippen LogP contribution in [0.3, 0.4) is 0 Å². The molecule has 0 fully saturated rings. The molecule has 1 aliphatic heterocycles. The number of carbonyl (C=O) groups is 2. The van der Waals surface area contributed by atoms with Crippen LogP contribution in [-0.4, -0.2) is 40.9 Å². The van der Waals surface area contributed by atoms with Crippen molar-refractivity contribution in [2.75, 3.05) is 19.1 Å². The van der Waals surface area contributed by atoms with Crippen molar-refractivity contribution >= 4 is 29.2 Å². The van der Waals surface area contributed by atoms with Crippen LogP contribution >= 0.6 is 0 Å². The normalized spacial score (nSPS) is 16.0. The van der Waals surface area contributed by atoms with Gasteiger partial charge in [-0.1, -0.05) is 36.4 Å². The summed E-state index contributed by atoms with van der Waals surface area (Å²) in [6.07, 6.45) is 1.57. The first-order valence-electron chi connectivity index (χ1n) is 12.1. The van der Waals surface area contributed by atoms with Gasteiger partial charge in [0.05, 0.1) is 13.7 Å². The minimum Gasteiger partial charge on any atom is -0.497 e. The number of aromatic nitrogens is 2. The average Bonchev–Trinajstić information content (AvgIpc) is 2.93. The van der Waals surface area contributed by atoms with E-state index in [9.17, 15) is 14.4 Å². The molecule has 1 amide bonds. The van der Waals surface area contributed by atoms with E-state index < -0.39 is 29.4 Å². The van der Waals surface area contributed by atoms with E-state index >= 15 is 0 Å². The molecule has 10 heteroatoms. The number of ether oxygens (including phenoxy) is 2. The number of methoxy groups -OCH3 is 1. The fraction of sp³-hybridized carbons (Fsp3) is 0.250. The zero-order chi connectivity index (χ0) is 27.2. The molecule has 2 unspecified atom stereocenters. The van der Waals surface area contributed by atoms with Crippen molar-refractivity contribution in [3.63, 3.8) is 0 Å². The molecule has 4 rings (SSSR count). The van der Waals surface area contributed by atoms with Crippen LogP contribution in [0.4, 0.5) is 11.6 Å². The van der Waals surface area contributed by atoms with Crippen LogP contribution < -0.4 is 21.3 Å². The number of carbonyl (C=O) groups excluding carboxylic acids is 2. The highest BCUT2D eigenvalue weighted by Crippen LogP contribution is 2.45. The lowest BCUT2D eigenvalue weighted by molar-refractivity contribution is -0.146. The molecule has 0 radical (unpaired) electrons. The fourth-order valence-corrected chi connectivity index (χ4v) is 4.49. The molecule has 38 heavy (non-hydrogen) atoms. The van der Waals surface area contributed by atoms with E-state index in [4.69, 9.17) is 9.47 Å². The highest BCUT2D eigenvalue weighted by molar-refractivity contribution is 6.05. The van der Waals surface area contributed by atoms with Crippen LogP contribution in [0.15, 0.2) is 77.0 Å². The molecule has 0 spiro atoms. The maximum atomic E-state index is 13.2. The second-order valence-electron chi connectivity index (χ2n) is 8.56. The number of nitrogens with one attached hydrogen (secondary N) is 2. The minimum atomic E-state index is -0.765. The number of anilines is 1. The number of allylic oxidation sites excluding steroid dienone is 1. The van der Waals surface area contributed by atoms with E-state index in [2.05, 4.69) is 27.4 Å². The zero-order valence-electron chi connectivity index (χ0n) is 21.4. The van der Waals surface area contributed by atoms with Gasteiger partial charge in [-0.15, -0.1) is 6.58 Å². The van der Waals surface area contributed by atoms with Gasteiger partial charge in [0.15, 0.2) is 5.82 Å². The molecule has 0 saturated heterocycles. The maximum Gasteiger partial charge on any atom is 0.351 e. The fourth-order valence-electron chi connectivity index (χ4n) is 4.49. The molecule has 2 N–H and O–H groups in total. The molecule has 196 valence electrons. The summed E-state index contributed by atoms with van der Waals surface area (Å²) in [5.74, 6) is -1.22. The van der Waals surface area contributed by atoms with Crippen molar-refractivity contribution in [2.24, 2.45) is 10.9 Å². The van der Waals surface area contributed by atoms with Crippen molar-refractivity contribution in [1.29, 1.82) is 0 Å². The minimum absolute atomic E-state index is 0.0894. The summed E-state index contributed by atoms with van der Waals surface area (Å²) in [7, 11) is 1.54. The molecule has 0 bridgehead atoms. The Kier molecular flexibility index (Phi) is 8.00. The summed E-state index contributed by atoms with van der Waals surface area (Å²) in [6, 6.07) is 15.9. The van der Waals surface area contributed by atoms with E-state index in [-0.39, 0.29) is 19.0 Å². The molecule has 0 saturated carbocycles. The molecule has 10 nitrogen and oxygen atoms in total. The van der Waals surface area contributed by atoms with Crippen molar-refractivity contribution in [2.45, 2.75) is 26.3 Å². The van der Waals surface area contributed by atoms with E-state index in [0.29, 0.717) is 28.4 Å². The first kappa shape index (κ1) is 26.3. The Balaban J connectivity index is 1.84. The third-order valence-electron chi connectivity index (χ3n) is 6.22. The number of benzene rings is 2. The molecule has 2 atom stereocenters. The molecular formula is C28H29N5O5. The molecule has 0 aliphatic carbocycles. The monoisotopic (exact) mass is 515 g/mol. The van der Waals surface area contributed by atoms with Crippen LogP contribution in [0.5, 0.6) is 5.75 Å². The van der Waals surface area contributed by atoms with Crippen LogP contribution in [0.2, 0.25) is 0 Å². The summed E-state index contributed by atoms with van der Waals surface area (Å²) in [5, 5.41) is 0. The number of nitrogens with zero attached hydrogens (tertiary/aromatic N) is 3. The van der Waals surface area contributed by atoms with Gasteiger partial charge in [-0.25, -0.2) is 9.79 Å². The Labute approximate surface area is 220 Å². The lowest BCUT2D eigenvalue weighted by Crippen LogP contribution is -2.39. The number of fused-ring (bicyclic) bond motifs is 1. The molecule has 1 aromatic heterocycles. The van der Waals surface area contributed by atoms with Gasteiger partial charge in [0, 0.05) is 29.3 Å². The predicted molar refractivity (Wildman–Crippen MR) is 144 cm³/mol. The Bertz CT molecular complexity index is 1430. The Morgan fingerprint density at radius 2 is 1.84 bits per heavy atom. The largest absolute Gasteiger partial charge is 0.497 e. The number of rotatable bonds is 9. The van der Waals surface area contributed by atoms with E-state index in [1.807, 2.05) is 30.3 Å². The Hall–Kier alpha value is -4.73. The number of esters is 1. The number of hydrogen-bond acceptors (Lipinski definition) is 8. The molecule has 2 aromatic carbocycles. The Morgan fingerprint density at radius 3 is 2.47 bits per heavy atom. The smallest absolute Gasteiger partial charge is 0.351 e. The summed E-state index contributed by atoms with van der Waals surface area (Å²) in [6.45, 7) is 7.59. The maximum absolute atomic E-state index is 13.2. The summed E-state index contributed by atoms with van der Waals surface area (Å²) >= 11 is 0. The first-order chi connectivity index (χ1) is 18.4. The van der Waals surface area contributed by atoms with Gasteiger partial charge in [-0.2, -0.15) is 4.98 Å². The number of hydrazine groups is 1. The van der Waals surface area contributed by atoms with Crippen LogP contribution in [0.25, 0.3) is 0 Å². The van der Waals surface area contributed by atoms with Crippen molar-refractivity contribution in [1.82, 2.24) is 15.0 Å². The highest BCUT2D eigenvalue weighted by Gasteiger charge is 2.42. The van der Waals surface area contributed by atoms with Crippen molar-refractivity contribution in [3.8, 4) is 5.75 Å². The van der Waals surface area contributed by atoms with Crippen molar-refractivity contribution in [3.05, 3.63) is 94.4 Å².